The van der Waals surface area contributed by atoms with Gasteiger partial charge in [-0.25, -0.2) is 4.98 Å². The second-order valence-corrected chi connectivity index (χ2v) is 8.17. The van der Waals surface area contributed by atoms with Crippen molar-refractivity contribution in [3.05, 3.63) is 78.9 Å². The first-order valence-corrected chi connectivity index (χ1v) is 10.4. The summed E-state index contributed by atoms with van der Waals surface area (Å²) in [5.74, 6) is 2.41. The first kappa shape index (κ1) is 18.3. The van der Waals surface area contributed by atoms with Crippen molar-refractivity contribution >= 4 is 10.9 Å². The summed E-state index contributed by atoms with van der Waals surface area (Å²) in [5, 5.41) is 12.5. The number of hydrogen-bond donors (Lipinski definition) is 1. The zero-order chi connectivity index (χ0) is 19.8. The van der Waals surface area contributed by atoms with Gasteiger partial charge in [0.05, 0.1) is 11.6 Å². The van der Waals surface area contributed by atoms with Gasteiger partial charge in [-0.3, -0.25) is 4.90 Å². The van der Waals surface area contributed by atoms with Crippen LogP contribution in [-0.2, 0) is 0 Å². The van der Waals surface area contributed by atoms with E-state index < -0.39 is 6.10 Å². The molecule has 6 rings (SSSR count). The molecule has 3 aliphatic rings. The van der Waals surface area contributed by atoms with E-state index in [-0.39, 0.29) is 6.04 Å². The molecule has 3 aliphatic heterocycles. The summed E-state index contributed by atoms with van der Waals surface area (Å²) in [4.78, 5) is 7.11. The normalized spacial score (nSPS) is 26.9. The second kappa shape index (κ2) is 7.62. The zero-order valence-electron chi connectivity index (χ0n) is 16.4. The Labute approximate surface area is 171 Å². The van der Waals surface area contributed by atoms with E-state index in [1.54, 1.807) is 0 Å². The van der Waals surface area contributed by atoms with Gasteiger partial charge < -0.3 is 9.84 Å². The number of aliphatic hydroxyl groups excluding tert-OH is 1. The van der Waals surface area contributed by atoms with Crippen molar-refractivity contribution in [1.82, 2.24) is 9.88 Å². The highest BCUT2D eigenvalue weighted by Gasteiger charge is 2.42. The fourth-order valence-electron chi connectivity index (χ4n) is 5.00. The molecule has 3 saturated heterocycles. The summed E-state index contributed by atoms with van der Waals surface area (Å²) < 4.78 is 6.01. The van der Waals surface area contributed by atoms with Gasteiger partial charge in [0.15, 0.2) is 0 Å². The quantitative estimate of drug-likeness (QED) is 0.630. The van der Waals surface area contributed by atoms with Crippen molar-refractivity contribution in [2.45, 2.75) is 25.0 Å². The largest absolute Gasteiger partial charge is 0.439 e. The van der Waals surface area contributed by atoms with Crippen LogP contribution in [0.3, 0.4) is 0 Å². The SMILES string of the molecule is C=C[C@@H]1CN2CC[C@H]1C[C@H]2[C@H](O)c1cc(Oc2ccccc2)nc2ccccc12. The van der Waals surface area contributed by atoms with Crippen molar-refractivity contribution in [1.29, 1.82) is 0 Å². The molecule has 0 saturated carbocycles. The Bertz CT molecular complexity index is 1020. The minimum Gasteiger partial charge on any atom is -0.439 e. The lowest BCUT2D eigenvalue weighted by Crippen LogP contribution is -2.54. The van der Waals surface area contributed by atoms with E-state index >= 15 is 0 Å². The molecule has 1 aromatic heterocycles. The summed E-state index contributed by atoms with van der Waals surface area (Å²) in [7, 11) is 0. The van der Waals surface area contributed by atoms with Gasteiger partial charge in [-0.1, -0.05) is 42.5 Å². The number of aromatic nitrogens is 1. The van der Waals surface area contributed by atoms with Gasteiger partial charge >= 0.3 is 0 Å². The highest BCUT2D eigenvalue weighted by atomic mass is 16.5. The van der Waals surface area contributed by atoms with Crippen LogP contribution in [0.2, 0.25) is 0 Å². The summed E-state index contributed by atoms with van der Waals surface area (Å²) in [6.45, 7) is 6.05. The number of ether oxygens (including phenoxy) is 1. The smallest absolute Gasteiger partial charge is 0.220 e. The number of benzene rings is 2. The molecule has 148 valence electrons. The predicted molar refractivity (Wildman–Crippen MR) is 115 cm³/mol. The van der Waals surface area contributed by atoms with Crippen molar-refractivity contribution in [3.8, 4) is 11.6 Å². The Morgan fingerprint density at radius 1 is 1.14 bits per heavy atom. The average molecular weight is 386 g/mol. The molecular weight excluding hydrogens is 360 g/mol. The van der Waals surface area contributed by atoms with Gasteiger partial charge in [-0.05, 0) is 55.0 Å². The Balaban J connectivity index is 1.51. The van der Waals surface area contributed by atoms with Crippen LogP contribution in [0.15, 0.2) is 73.3 Å². The molecule has 1 N–H and O–H groups in total. The van der Waals surface area contributed by atoms with Crippen LogP contribution in [0.1, 0.15) is 24.5 Å². The molecular formula is C25H26N2O2. The zero-order valence-corrected chi connectivity index (χ0v) is 16.4. The molecule has 29 heavy (non-hydrogen) atoms. The number of rotatable bonds is 5. The summed E-state index contributed by atoms with van der Waals surface area (Å²) in [6.07, 6.45) is 3.71. The maximum absolute atomic E-state index is 11.5. The van der Waals surface area contributed by atoms with Gasteiger partial charge in [-0.2, -0.15) is 0 Å². The van der Waals surface area contributed by atoms with Crippen LogP contribution in [0.4, 0.5) is 0 Å². The second-order valence-electron chi connectivity index (χ2n) is 8.17. The molecule has 0 radical (unpaired) electrons. The standard InChI is InChI=1S/C25H26N2O2/c1-2-17-16-27-13-12-18(17)14-23(27)25(28)21-15-24(29-19-8-4-3-5-9-19)26-22-11-7-6-10-20(21)22/h2-11,15,17-18,23,25,28H,1,12-14,16H2/t17-,18+,23+,25-/m1/s1. The molecule has 0 spiro atoms. The maximum Gasteiger partial charge on any atom is 0.220 e. The summed E-state index contributed by atoms with van der Waals surface area (Å²) in [5.41, 5.74) is 1.74. The molecule has 4 heteroatoms. The maximum atomic E-state index is 11.5. The average Bonchev–Trinajstić information content (AvgIpc) is 2.79. The first-order valence-electron chi connectivity index (χ1n) is 10.4. The molecule has 1 unspecified atom stereocenters. The molecule has 4 nitrogen and oxygen atoms in total. The van der Waals surface area contributed by atoms with Crippen molar-refractivity contribution in [3.63, 3.8) is 0 Å². The number of fused-ring (bicyclic) bond motifs is 4. The lowest BCUT2D eigenvalue weighted by molar-refractivity contribution is -0.0445. The van der Waals surface area contributed by atoms with E-state index in [0.29, 0.717) is 17.7 Å². The number of piperidine rings is 3. The molecule has 0 amide bonds. The number of aliphatic hydroxyl groups is 1. The highest BCUT2D eigenvalue weighted by molar-refractivity contribution is 5.83. The van der Waals surface area contributed by atoms with Crippen molar-refractivity contribution in [2.75, 3.05) is 13.1 Å². The summed E-state index contributed by atoms with van der Waals surface area (Å²) in [6, 6.07) is 19.7. The molecule has 5 atom stereocenters. The number of hydrogen-bond acceptors (Lipinski definition) is 4. The molecule has 2 aromatic carbocycles. The van der Waals surface area contributed by atoms with E-state index in [2.05, 4.69) is 22.5 Å². The van der Waals surface area contributed by atoms with Crippen LogP contribution in [0.5, 0.6) is 11.6 Å². The van der Waals surface area contributed by atoms with Crippen LogP contribution < -0.4 is 4.74 Å². The molecule has 3 aromatic rings. The fourth-order valence-corrected chi connectivity index (χ4v) is 5.00. The van der Waals surface area contributed by atoms with E-state index in [1.165, 1.54) is 6.42 Å². The predicted octanol–water partition coefficient (Wildman–Crippen LogP) is 4.96. The van der Waals surface area contributed by atoms with Crippen molar-refractivity contribution < 1.29 is 9.84 Å². The first-order chi connectivity index (χ1) is 14.2. The number of pyridine rings is 1. The number of para-hydroxylation sites is 2. The molecule has 3 fully saturated rings. The van der Waals surface area contributed by atoms with Crippen LogP contribution in [-0.4, -0.2) is 34.1 Å². The van der Waals surface area contributed by atoms with Gasteiger partial charge in [0.1, 0.15) is 5.75 Å². The Morgan fingerprint density at radius 3 is 2.69 bits per heavy atom. The van der Waals surface area contributed by atoms with E-state index in [1.807, 2.05) is 60.7 Å². The summed E-state index contributed by atoms with van der Waals surface area (Å²) >= 11 is 0. The van der Waals surface area contributed by atoms with E-state index in [0.717, 1.165) is 41.7 Å². The van der Waals surface area contributed by atoms with Gasteiger partial charge in [0.2, 0.25) is 5.88 Å². The fraction of sp³-hybridized carbons (Fsp3) is 0.320. The third kappa shape index (κ3) is 3.43. The van der Waals surface area contributed by atoms with Gasteiger partial charge in [0.25, 0.3) is 0 Å². The minimum atomic E-state index is -0.574. The van der Waals surface area contributed by atoms with E-state index in [9.17, 15) is 5.11 Å². The van der Waals surface area contributed by atoms with Crippen molar-refractivity contribution in [2.24, 2.45) is 11.8 Å². The van der Waals surface area contributed by atoms with E-state index in [4.69, 9.17) is 4.74 Å². The third-order valence-electron chi connectivity index (χ3n) is 6.53. The molecule has 4 heterocycles. The van der Waals surface area contributed by atoms with Gasteiger partial charge in [-0.15, -0.1) is 6.58 Å². The Morgan fingerprint density at radius 2 is 1.93 bits per heavy atom. The number of nitrogens with zero attached hydrogens (tertiary/aromatic N) is 2. The topological polar surface area (TPSA) is 45.6 Å². The molecule has 2 bridgehead atoms. The molecule has 0 aliphatic carbocycles. The Kier molecular flexibility index (Phi) is 4.82. The van der Waals surface area contributed by atoms with Crippen LogP contribution in [0.25, 0.3) is 10.9 Å². The van der Waals surface area contributed by atoms with Crippen LogP contribution in [0, 0.1) is 11.8 Å². The minimum absolute atomic E-state index is 0.125. The third-order valence-corrected chi connectivity index (χ3v) is 6.53. The highest BCUT2D eigenvalue weighted by Crippen LogP contribution is 2.42. The Hall–Kier alpha value is -2.69. The van der Waals surface area contributed by atoms with Gasteiger partial charge in [0, 0.05) is 24.0 Å². The lowest BCUT2D eigenvalue weighted by Gasteiger charge is -2.50. The lowest BCUT2D eigenvalue weighted by atomic mass is 9.73. The monoisotopic (exact) mass is 386 g/mol. The van der Waals surface area contributed by atoms with Crippen LogP contribution >= 0.6 is 0 Å².